The minimum absolute atomic E-state index is 0.272. The highest BCUT2D eigenvalue weighted by atomic mass is 28.4. The first-order chi connectivity index (χ1) is 7.72. The average molecular weight is 254 g/mol. The zero-order chi connectivity index (χ0) is 12.8. The van der Waals surface area contributed by atoms with Gasteiger partial charge in [0.2, 0.25) is 0 Å². The van der Waals surface area contributed by atoms with Gasteiger partial charge in [0.25, 0.3) is 0 Å². The van der Waals surface area contributed by atoms with Crippen LogP contribution >= 0.6 is 0 Å². The Labute approximate surface area is 106 Å². The fourth-order valence-corrected chi connectivity index (χ4v) is 4.42. The molecule has 2 aliphatic carbocycles. The summed E-state index contributed by atoms with van der Waals surface area (Å²) >= 11 is 0. The predicted molar refractivity (Wildman–Crippen MR) is 72.5 cm³/mol. The van der Waals surface area contributed by atoms with Crippen LogP contribution in [0.1, 0.15) is 46.5 Å². The van der Waals surface area contributed by atoms with Crippen molar-refractivity contribution in [3.63, 3.8) is 0 Å². The van der Waals surface area contributed by atoms with Gasteiger partial charge in [0.05, 0.1) is 0 Å². The summed E-state index contributed by atoms with van der Waals surface area (Å²) in [5.41, 5.74) is 0. The van der Waals surface area contributed by atoms with E-state index < -0.39 is 8.32 Å². The van der Waals surface area contributed by atoms with Crippen molar-refractivity contribution in [2.45, 2.75) is 70.7 Å². The summed E-state index contributed by atoms with van der Waals surface area (Å²) in [6.07, 6.45) is 4.42. The van der Waals surface area contributed by atoms with Crippen molar-refractivity contribution in [2.75, 3.05) is 0 Å². The minimum atomic E-state index is -1.66. The molecule has 0 unspecified atom stereocenters. The summed E-state index contributed by atoms with van der Waals surface area (Å²) < 4.78 is 6.51. The van der Waals surface area contributed by atoms with Gasteiger partial charge >= 0.3 is 0 Å². The standard InChI is InChI=1S/C14H26O2Si/c1-14(2,3)17(4,5)16-13-9-7-10-11(13)6-8-12(10)15/h10-11,13H,6-9H2,1-5H3/t10-,11-,13-/m1/s1. The molecule has 17 heavy (non-hydrogen) atoms. The zero-order valence-corrected chi connectivity index (χ0v) is 12.9. The Morgan fingerprint density at radius 1 is 1.18 bits per heavy atom. The maximum absolute atomic E-state index is 11.7. The van der Waals surface area contributed by atoms with Crippen LogP contribution in [0.2, 0.25) is 18.1 Å². The molecule has 2 rings (SSSR count). The van der Waals surface area contributed by atoms with Gasteiger partial charge in [0.1, 0.15) is 5.78 Å². The molecular formula is C14H26O2Si. The SMILES string of the molecule is CC(C)(C)[Si](C)(C)O[C@@H]1CC[C@H]2C(=O)CC[C@@H]12. The molecule has 0 aromatic carbocycles. The number of hydrogen-bond acceptors (Lipinski definition) is 2. The summed E-state index contributed by atoms with van der Waals surface area (Å²) in [4.78, 5) is 11.7. The van der Waals surface area contributed by atoms with Gasteiger partial charge in [-0.05, 0) is 43.3 Å². The normalized spacial score (nSPS) is 34.2. The van der Waals surface area contributed by atoms with Crippen molar-refractivity contribution < 1.29 is 9.22 Å². The summed E-state index contributed by atoms with van der Waals surface area (Å²) in [5.74, 6) is 1.37. The van der Waals surface area contributed by atoms with E-state index in [0.29, 0.717) is 23.7 Å². The first kappa shape index (κ1) is 13.3. The van der Waals surface area contributed by atoms with Gasteiger partial charge in [-0.2, -0.15) is 0 Å². The van der Waals surface area contributed by atoms with Crippen molar-refractivity contribution in [1.82, 2.24) is 0 Å². The van der Waals surface area contributed by atoms with Crippen LogP contribution in [0.25, 0.3) is 0 Å². The molecule has 0 amide bonds. The zero-order valence-electron chi connectivity index (χ0n) is 11.9. The third-order valence-electron chi connectivity index (χ3n) is 5.15. The molecule has 0 saturated heterocycles. The van der Waals surface area contributed by atoms with E-state index in [4.69, 9.17) is 4.43 Å². The minimum Gasteiger partial charge on any atom is -0.414 e. The summed E-state index contributed by atoms with van der Waals surface area (Å²) in [6.45, 7) is 11.5. The molecule has 98 valence electrons. The van der Waals surface area contributed by atoms with Crippen molar-refractivity contribution >= 4 is 14.1 Å². The Kier molecular flexibility index (Phi) is 3.28. The van der Waals surface area contributed by atoms with Crippen LogP contribution in [0.3, 0.4) is 0 Å². The molecule has 2 aliphatic rings. The average Bonchev–Trinajstić information content (AvgIpc) is 2.70. The van der Waals surface area contributed by atoms with E-state index >= 15 is 0 Å². The monoisotopic (exact) mass is 254 g/mol. The molecule has 2 fully saturated rings. The molecular weight excluding hydrogens is 228 g/mol. The van der Waals surface area contributed by atoms with E-state index in [0.717, 1.165) is 25.7 Å². The van der Waals surface area contributed by atoms with Crippen LogP contribution in [-0.2, 0) is 9.22 Å². The second-order valence-corrected chi connectivity index (χ2v) is 12.0. The van der Waals surface area contributed by atoms with Crippen LogP contribution in [0.4, 0.5) is 0 Å². The van der Waals surface area contributed by atoms with Crippen molar-refractivity contribution in [2.24, 2.45) is 11.8 Å². The summed E-state index contributed by atoms with van der Waals surface area (Å²) in [7, 11) is -1.66. The van der Waals surface area contributed by atoms with Crippen LogP contribution in [0.15, 0.2) is 0 Å². The third-order valence-corrected chi connectivity index (χ3v) is 9.65. The third kappa shape index (κ3) is 2.36. The molecule has 0 radical (unpaired) electrons. The first-order valence-corrected chi connectivity index (χ1v) is 9.84. The van der Waals surface area contributed by atoms with E-state index in [1.807, 2.05) is 0 Å². The highest BCUT2D eigenvalue weighted by Gasteiger charge is 2.48. The lowest BCUT2D eigenvalue weighted by Gasteiger charge is -2.39. The van der Waals surface area contributed by atoms with Crippen molar-refractivity contribution in [3.8, 4) is 0 Å². The molecule has 0 heterocycles. The summed E-state index contributed by atoms with van der Waals surface area (Å²) in [6, 6.07) is 0. The quantitative estimate of drug-likeness (QED) is 0.701. The number of ketones is 1. The maximum Gasteiger partial charge on any atom is 0.192 e. The molecule has 0 bridgehead atoms. The second-order valence-electron chi connectivity index (χ2n) is 7.27. The fraction of sp³-hybridized carbons (Fsp3) is 0.929. The van der Waals surface area contributed by atoms with Gasteiger partial charge in [0.15, 0.2) is 8.32 Å². The molecule has 0 aromatic rings. The van der Waals surface area contributed by atoms with E-state index in [2.05, 4.69) is 33.9 Å². The molecule has 0 spiro atoms. The largest absolute Gasteiger partial charge is 0.414 e. The number of carbonyl (C=O) groups is 1. The molecule has 2 nitrogen and oxygen atoms in total. The Morgan fingerprint density at radius 3 is 2.41 bits per heavy atom. The molecule has 3 atom stereocenters. The van der Waals surface area contributed by atoms with E-state index in [-0.39, 0.29) is 5.04 Å². The van der Waals surface area contributed by atoms with Crippen molar-refractivity contribution in [1.29, 1.82) is 0 Å². The topological polar surface area (TPSA) is 26.3 Å². The highest BCUT2D eigenvalue weighted by Crippen LogP contribution is 2.46. The highest BCUT2D eigenvalue weighted by molar-refractivity contribution is 6.74. The Bertz CT molecular complexity index is 317. The number of fused-ring (bicyclic) bond motifs is 1. The van der Waals surface area contributed by atoms with Crippen molar-refractivity contribution in [3.05, 3.63) is 0 Å². The van der Waals surface area contributed by atoms with E-state index in [1.165, 1.54) is 0 Å². The maximum atomic E-state index is 11.7. The number of rotatable bonds is 2. The van der Waals surface area contributed by atoms with Gasteiger partial charge < -0.3 is 4.43 Å². The van der Waals surface area contributed by atoms with Crippen LogP contribution in [0, 0.1) is 11.8 Å². The van der Waals surface area contributed by atoms with Gasteiger partial charge in [-0.3, -0.25) is 4.79 Å². The van der Waals surface area contributed by atoms with Crippen LogP contribution in [-0.4, -0.2) is 20.2 Å². The first-order valence-electron chi connectivity index (χ1n) is 6.93. The lowest BCUT2D eigenvalue weighted by molar-refractivity contribution is -0.121. The van der Waals surface area contributed by atoms with Gasteiger partial charge in [-0.1, -0.05) is 20.8 Å². The van der Waals surface area contributed by atoms with E-state index in [1.54, 1.807) is 0 Å². The lowest BCUT2D eigenvalue weighted by atomic mass is 9.99. The molecule has 3 heteroatoms. The van der Waals surface area contributed by atoms with Gasteiger partial charge in [0, 0.05) is 18.4 Å². The van der Waals surface area contributed by atoms with Crippen LogP contribution < -0.4 is 0 Å². The number of carbonyl (C=O) groups excluding carboxylic acids is 1. The predicted octanol–water partition coefficient (Wildman–Crippen LogP) is 3.77. The number of Topliss-reactive ketones (excluding diaryl/α,β-unsaturated/α-hetero) is 1. The van der Waals surface area contributed by atoms with E-state index in [9.17, 15) is 4.79 Å². The second kappa shape index (κ2) is 4.20. The van der Waals surface area contributed by atoms with Gasteiger partial charge in [-0.25, -0.2) is 0 Å². The summed E-state index contributed by atoms with van der Waals surface area (Å²) in [5, 5.41) is 0.272. The Hall–Kier alpha value is -0.153. The lowest BCUT2D eigenvalue weighted by Crippen LogP contribution is -2.44. The molecule has 0 N–H and O–H groups in total. The number of hydrogen-bond donors (Lipinski definition) is 0. The smallest absolute Gasteiger partial charge is 0.192 e. The van der Waals surface area contributed by atoms with Gasteiger partial charge in [-0.15, -0.1) is 0 Å². The Balaban J connectivity index is 2.04. The van der Waals surface area contributed by atoms with Crippen LogP contribution in [0.5, 0.6) is 0 Å². The fourth-order valence-electron chi connectivity index (χ4n) is 3.01. The Morgan fingerprint density at radius 2 is 1.82 bits per heavy atom. The molecule has 0 aliphatic heterocycles. The molecule has 0 aromatic heterocycles. The molecule has 2 saturated carbocycles.